The third-order valence-electron chi connectivity index (χ3n) is 6.05. The first-order chi connectivity index (χ1) is 18.9. The number of rotatable bonds is 9. The van der Waals surface area contributed by atoms with Gasteiger partial charge < -0.3 is 19.1 Å². The molecule has 3 heterocycles. The molecule has 0 unspecified atom stereocenters. The van der Waals surface area contributed by atoms with Gasteiger partial charge in [0.15, 0.2) is 0 Å². The van der Waals surface area contributed by atoms with Crippen LogP contribution in [0.25, 0.3) is 11.4 Å². The monoisotopic (exact) mass is 572 g/mol. The Morgan fingerprint density at radius 3 is 2.50 bits per heavy atom. The van der Waals surface area contributed by atoms with E-state index in [1.807, 2.05) is 11.9 Å². The van der Waals surface area contributed by atoms with Crippen molar-refractivity contribution in [1.82, 2.24) is 19.4 Å². The zero-order chi connectivity index (χ0) is 29.0. The van der Waals surface area contributed by atoms with E-state index in [9.17, 15) is 31.1 Å². The number of carbonyl (C=O) groups excluding carboxylic acids is 1. The van der Waals surface area contributed by atoms with E-state index in [-0.39, 0.29) is 23.6 Å². The van der Waals surface area contributed by atoms with E-state index in [4.69, 9.17) is 4.74 Å². The molecule has 0 amide bonds. The van der Waals surface area contributed by atoms with E-state index in [1.165, 1.54) is 25.1 Å². The summed E-state index contributed by atoms with van der Waals surface area (Å²) >= 11 is 0. The number of halogens is 6. The summed E-state index contributed by atoms with van der Waals surface area (Å²) in [6.07, 6.45) is -2.61. The minimum atomic E-state index is -4.66. The second-order valence-corrected chi connectivity index (χ2v) is 8.91. The van der Waals surface area contributed by atoms with Crippen LogP contribution in [0.4, 0.5) is 43.7 Å². The molecule has 40 heavy (non-hydrogen) atoms. The Morgan fingerprint density at radius 2 is 1.85 bits per heavy atom. The van der Waals surface area contributed by atoms with Gasteiger partial charge in [0.1, 0.15) is 18.0 Å². The lowest BCUT2D eigenvalue weighted by molar-refractivity contribution is -0.140. The highest BCUT2D eigenvalue weighted by molar-refractivity contribution is 5.91. The van der Waals surface area contributed by atoms with E-state index in [1.54, 1.807) is 0 Å². The largest absolute Gasteiger partial charge is 0.462 e. The summed E-state index contributed by atoms with van der Waals surface area (Å²) in [5, 5.41) is 0.395. The lowest BCUT2D eigenvalue weighted by atomic mass is 10.2. The van der Waals surface area contributed by atoms with Gasteiger partial charge >= 0.3 is 18.8 Å². The Kier molecular flexibility index (Phi) is 8.83. The first-order valence-electron chi connectivity index (χ1n) is 12.2. The van der Waals surface area contributed by atoms with E-state index >= 15 is 0 Å². The number of hydrogen-bond donors (Lipinski definition) is 0. The summed E-state index contributed by atoms with van der Waals surface area (Å²) in [6, 6.07) is 6.25. The van der Waals surface area contributed by atoms with Gasteiger partial charge in [0.25, 0.3) is 5.95 Å². The molecule has 0 bridgehead atoms. The Hall–Kier alpha value is -3.85. The SMILES string of the molecule is CCOC(=O)c1cc(-c2ccnc(N(OC(F)F)c3cc(N4CCN(C)CC4)ccc3F)n2)n(CC(F)(F)F)c1. The van der Waals surface area contributed by atoms with Crippen molar-refractivity contribution in [3.63, 3.8) is 0 Å². The van der Waals surface area contributed by atoms with Gasteiger partial charge in [-0.05, 0) is 44.3 Å². The van der Waals surface area contributed by atoms with Crippen LogP contribution in [0.1, 0.15) is 17.3 Å². The zero-order valence-corrected chi connectivity index (χ0v) is 21.5. The highest BCUT2D eigenvalue weighted by Gasteiger charge is 2.31. The van der Waals surface area contributed by atoms with Crippen molar-refractivity contribution in [3.8, 4) is 11.4 Å². The normalized spacial score (nSPS) is 14.6. The smallest absolute Gasteiger partial charge is 0.406 e. The molecule has 0 aliphatic carbocycles. The van der Waals surface area contributed by atoms with E-state index in [0.29, 0.717) is 23.8 Å². The second kappa shape index (κ2) is 12.1. The Balaban J connectivity index is 1.75. The van der Waals surface area contributed by atoms with Crippen LogP contribution in [0.2, 0.25) is 0 Å². The summed E-state index contributed by atoms with van der Waals surface area (Å²) in [7, 11) is 1.96. The number of anilines is 3. The van der Waals surface area contributed by atoms with Crippen molar-refractivity contribution in [1.29, 1.82) is 0 Å². The second-order valence-electron chi connectivity index (χ2n) is 8.91. The third kappa shape index (κ3) is 7.01. The quantitative estimate of drug-likeness (QED) is 0.204. The molecule has 0 radical (unpaired) electrons. The summed E-state index contributed by atoms with van der Waals surface area (Å²) in [4.78, 5) is 28.9. The van der Waals surface area contributed by atoms with Crippen LogP contribution in [0.5, 0.6) is 0 Å². The molecule has 0 atom stereocenters. The summed E-state index contributed by atoms with van der Waals surface area (Å²) < 4.78 is 87.5. The van der Waals surface area contributed by atoms with Gasteiger partial charge in [0.2, 0.25) is 0 Å². The molecule has 4 rings (SSSR count). The molecule has 2 aromatic heterocycles. The van der Waals surface area contributed by atoms with Crippen molar-refractivity contribution in [2.45, 2.75) is 26.3 Å². The number of carbonyl (C=O) groups is 1. The van der Waals surface area contributed by atoms with Gasteiger partial charge in [0, 0.05) is 44.3 Å². The Bertz CT molecular complexity index is 1330. The van der Waals surface area contributed by atoms with Gasteiger partial charge in [-0.1, -0.05) is 0 Å². The average molecular weight is 573 g/mol. The van der Waals surface area contributed by atoms with E-state index in [2.05, 4.69) is 19.7 Å². The Morgan fingerprint density at radius 1 is 1.12 bits per heavy atom. The first-order valence-corrected chi connectivity index (χ1v) is 12.2. The molecule has 0 spiro atoms. The lowest BCUT2D eigenvalue weighted by Crippen LogP contribution is -2.44. The molecule has 216 valence electrons. The third-order valence-corrected chi connectivity index (χ3v) is 6.05. The maximum atomic E-state index is 15.0. The van der Waals surface area contributed by atoms with E-state index in [0.717, 1.165) is 42.2 Å². The van der Waals surface area contributed by atoms with Crippen molar-refractivity contribution in [2.75, 3.05) is 49.8 Å². The van der Waals surface area contributed by atoms with E-state index < -0.39 is 42.8 Å². The molecular weight excluding hydrogens is 546 g/mol. The molecule has 1 aliphatic rings. The highest BCUT2D eigenvalue weighted by Crippen LogP contribution is 2.33. The van der Waals surface area contributed by atoms with Crippen molar-refractivity contribution < 1.29 is 40.7 Å². The van der Waals surface area contributed by atoms with Gasteiger partial charge in [-0.3, -0.25) is 0 Å². The molecule has 0 N–H and O–H groups in total. The van der Waals surface area contributed by atoms with Crippen molar-refractivity contribution in [2.24, 2.45) is 0 Å². The maximum absolute atomic E-state index is 15.0. The first kappa shape index (κ1) is 29.1. The number of piperazine rings is 1. The van der Waals surface area contributed by atoms with Crippen LogP contribution in [0.3, 0.4) is 0 Å². The van der Waals surface area contributed by atoms with Crippen LogP contribution < -0.4 is 9.96 Å². The highest BCUT2D eigenvalue weighted by atomic mass is 19.4. The maximum Gasteiger partial charge on any atom is 0.406 e. The minimum Gasteiger partial charge on any atom is -0.462 e. The number of ether oxygens (including phenoxy) is 1. The fourth-order valence-electron chi connectivity index (χ4n) is 4.17. The van der Waals surface area contributed by atoms with Crippen molar-refractivity contribution in [3.05, 3.63) is 54.1 Å². The van der Waals surface area contributed by atoms with Gasteiger partial charge in [-0.2, -0.15) is 31.9 Å². The number of alkyl halides is 5. The molecule has 1 aromatic carbocycles. The summed E-state index contributed by atoms with van der Waals surface area (Å²) in [5.74, 6) is -2.34. The average Bonchev–Trinajstić information content (AvgIpc) is 3.31. The number of hydrogen-bond acceptors (Lipinski definition) is 8. The standard InChI is InChI=1S/C25H26F6N6O3/c1-3-39-22(38)16-12-21(36(14-16)15-25(29,30)31)19-6-7-32-24(33-19)37(40-23(27)28)20-13-17(4-5-18(20)26)35-10-8-34(2)9-11-35/h4-7,12-14,23H,3,8-11,15H2,1-2H3. The molecule has 3 aromatic rings. The topological polar surface area (TPSA) is 76.0 Å². The lowest BCUT2D eigenvalue weighted by Gasteiger charge is -2.34. The molecule has 15 heteroatoms. The fourth-order valence-corrected chi connectivity index (χ4v) is 4.17. The predicted octanol–water partition coefficient (Wildman–Crippen LogP) is 4.87. The molecule has 9 nitrogen and oxygen atoms in total. The number of aromatic nitrogens is 3. The minimum absolute atomic E-state index is 0.00500. The number of benzene rings is 1. The van der Waals surface area contributed by atoms with Crippen LogP contribution in [0.15, 0.2) is 42.7 Å². The summed E-state index contributed by atoms with van der Waals surface area (Å²) in [5.41, 5.74) is -0.391. The van der Waals surface area contributed by atoms with Crippen LogP contribution in [-0.4, -0.2) is 78.0 Å². The number of likely N-dealkylation sites (N-methyl/N-ethyl adjacent to an activating group) is 1. The molecule has 1 saturated heterocycles. The van der Waals surface area contributed by atoms with Gasteiger partial charge in [-0.25, -0.2) is 19.2 Å². The molecule has 0 saturated carbocycles. The Labute approximate surface area is 225 Å². The van der Waals surface area contributed by atoms with Crippen LogP contribution >= 0.6 is 0 Å². The molecule has 1 aliphatic heterocycles. The zero-order valence-electron chi connectivity index (χ0n) is 21.5. The summed E-state index contributed by atoms with van der Waals surface area (Å²) in [6.45, 7) is -0.651. The fraction of sp³-hybridized carbons (Fsp3) is 0.400. The van der Waals surface area contributed by atoms with Gasteiger partial charge in [-0.15, -0.1) is 0 Å². The predicted molar refractivity (Wildman–Crippen MR) is 133 cm³/mol. The molecular formula is C25H26F6N6O3. The number of esters is 1. The van der Waals surface area contributed by atoms with Gasteiger partial charge in [0.05, 0.1) is 23.6 Å². The van der Waals surface area contributed by atoms with Crippen LogP contribution in [0, 0.1) is 5.82 Å². The van der Waals surface area contributed by atoms with Crippen molar-refractivity contribution >= 4 is 23.3 Å². The molecule has 1 fully saturated rings. The van der Waals surface area contributed by atoms with Crippen LogP contribution in [-0.2, 0) is 16.1 Å². The number of nitrogens with zero attached hydrogens (tertiary/aromatic N) is 6.